The van der Waals surface area contributed by atoms with Crippen LogP contribution >= 0.6 is 0 Å². The third-order valence-corrected chi connectivity index (χ3v) is 10.6. The molecule has 1 aliphatic rings. The van der Waals surface area contributed by atoms with E-state index in [0.29, 0.717) is 0 Å². The number of anilines is 3. The van der Waals surface area contributed by atoms with E-state index in [1.54, 1.807) is 0 Å². The summed E-state index contributed by atoms with van der Waals surface area (Å²) in [6.07, 6.45) is 3.36. The molecular weight excluding hydrogens is 595 g/mol. The lowest BCUT2D eigenvalue weighted by molar-refractivity contribution is 0.403. The molecule has 238 valence electrons. The normalized spacial score (nSPS) is 14.8. The maximum Gasteiger partial charge on any atom is 0.145 e. The van der Waals surface area contributed by atoms with Gasteiger partial charge in [0.1, 0.15) is 5.65 Å². The van der Waals surface area contributed by atoms with Gasteiger partial charge in [0.05, 0.1) is 22.4 Å². The van der Waals surface area contributed by atoms with Crippen LogP contribution in [0.15, 0.2) is 152 Å². The molecule has 0 saturated carbocycles. The van der Waals surface area contributed by atoms with Crippen LogP contribution in [-0.4, -0.2) is 9.38 Å². The molecule has 1 aliphatic carbocycles. The van der Waals surface area contributed by atoms with Crippen LogP contribution in [0.2, 0.25) is 0 Å². The van der Waals surface area contributed by atoms with E-state index >= 15 is 0 Å². The second kappa shape index (κ2) is 10.9. The Labute approximate surface area is 288 Å². The highest BCUT2D eigenvalue weighted by molar-refractivity contribution is 6.07. The van der Waals surface area contributed by atoms with Gasteiger partial charge >= 0.3 is 0 Å². The van der Waals surface area contributed by atoms with Gasteiger partial charge < -0.3 is 4.90 Å². The zero-order valence-corrected chi connectivity index (χ0v) is 28.5. The molecule has 0 N–H and O–H groups in total. The quantitative estimate of drug-likeness (QED) is 0.188. The van der Waals surface area contributed by atoms with Crippen molar-refractivity contribution in [3.8, 4) is 22.3 Å². The molecule has 0 amide bonds. The van der Waals surface area contributed by atoms with E-state index < -0.39 is 0 Å². The summed E-state index contributed by atoms with van der Waals surface area (Å²) in [6.45, 7) is 9.51. The van der Waals surface area contributed by atoms with Gasteiger partial charge in [0, 0.05) is 28.2 Å². The molecular formula is C46H39N3. The fourth-order valence-corrected chi connectivity index (χ4v) is 8.54. The van der Waals surface area contributed by atoms with Crippen LogP contribution in [0.1, 0.15) is 45.2 Å². The number of hydrogen-bond donors (Lipinski definition) is 0. The van der Waals surface area contributed by atoms with Crippen LogP contribution in [-0.2, 0) is 10.8 Å². The van der Waals surface area contributed by atoms with Gasteiger partial charge in [-0.05, 0) is 87.5 Å². The number of aromatic nitrogens is 2. The summed E-state index contributed by atoms with van der Waals surface area (Å²) in [5, 5.41) is 2.30. The van der Waals surface area contributed by atoms with Gasteiger partial charge in [-0.1, -0.05) is 131 Å². The summed E-state index contributed by atoms with van der Waals surface area (Å²) in [5.74, 6) is 0. The number of imidazole rings is 1. The summed E-state index contributed by atoms with van der Waals surface area (Å²) in [6, 6.07) is 52.6. The molecule has 3 nitrogen and oxygen atoms in total. The number of rotatable bonds is 5. The van der Waals surface area contributed by atoms with Crippen molar-refractivity contribution in [2.24, 2.45) is 0 Å². The molecule has 2 aromatic heterocycles. The highest BCUT2D eigenvalue weighted by Gasteiger charge is 2.42. The average molecular weight is 634 g/mol. The Kier molecular flexibility index (Phi) is 6.57. The second-order valence-electron chi connectivity index (χ2n) is 14.8. The van der Waals surface area contributed by atoms with Crippen molar-refractivity contribution in [1.29, 1.82) is 0 Å². The molecule has 0 unspecified atom stereocenters. The smallest absolute Gasteiger partial charge is 0.145 e. The fraction of sp³-hybridized carbons (Fsp3) is 0.152. The lowest BCUT2D eigenvalue weighted by Crippen LogP contribution is -2.17. The first-order valence-corrected chi connectivity index (χ1v) is 17.3. The maximum atomic E-state index is 5.33. The van der Waals surface area contributed by atoms with Crippen molar-refractivity contribution in [2.75, 3.05) is 4.90 Å². The van der Waals surface area contributed by atoms with Crippen molar-refractivity contribution < 1.29 is 0 Å². The molecule has 0 saturated heterocycles. The first-order valence-electron chi connectivity index (χ1n) is 17.3. The Morgan fingerprint density at radius 3 is 1.90 bits per heavy atom. The minimum Gasteiger partial charge on any atom is -0.309 e. The Hall–Kier alpha value is -5.67. The fourth-order valence-electron chi connectivity index (χ4n) is 8.54. The number of benzene rings is 6. The predicted molar refractivity (Wildman–Crippen MR) is 206 cm³/mol. The molecule has 2 heterocycles. The van der Waals surface area contributed by atoms with Gasteiger partial charge in [0.2, 0.25) is 0 Å². The monoisotopic (exact) mass is 633 g/mol. The van der Waals surface area contributed by atoms with Gasteiger partial charge in [0.15, 0.2) is 0 Å². The van der Waals surface area contributed by atoms with E-state index in [9.17, 15) is 0 Å². The molecule has 49 heavy (non-hydrogen) atoms. The van der Waals surface area contributed by atoms with Gasteiger partial charge in [0.25, 0.3) is 0 Å². The molecule has 0 fully saturated rings. The minimum absolute atomic E-state index is 0.126. The van der Waals surface area contributed by atoms with Gasteiger partial charge in [-0.25, -0.2) is 4.98 Å². The summed E-state index contributed by atoms with van der Waals surface area (Å²) >= 11 is 0. The molecule has 0 bridgehead atoms. The topological polar surface area (TPSA) is 20.5 Å². The highest BCUT2D eigenvalue weighted by Crippen LogP contribution is 2.51. The maximum absolute atomic E-state index is 5.33. The van der Waals surface area contributed by atoms with E-state index in [-0.39, 0.29) is 10.8 Å². The zero-order valence-electron chi connectivity index (χ0n) is 28.5. The summed E-state index contributed by atoms with van der Waals surface area (Å²) in [7, 11) is 0. The van der Waals surface area contributed by atoms with E-state index in [1.165, 1.54) is 38.9 Å². The molecule has 6 aromatic carbocycles. The number of hydrogen-bond acceptors (Lipinski definition) is 2. The van der Waals surface area contributed by atoms with Crippen LogP contribution in [0.4, 0.5) is 17.1 Å². The summed E-state index contributed by atoms with van der Waals surface area (Å²) in [5.41, 5.74) is 14.5. The molecule has 0 radical (unpaired) electrons. The molecule has 8 aromatic rings. The highest BCUT2D eigenvalue weighted by atomic mass is 15.1. The lowest BCUT2D eigenvalue weighted by atomic mass is 9.82. The summed E-state index contributed by atoms with van der Waals surface area (Å²) in [4.78, 5) is 7.75. The first-order chi connectivity index (χ1) is 23.8. The standard InChI is InChI=1S/C46H39N3/c1-45(2)30-46(3,4)39-29-43-40(28-38(39)45)47-44-37-19-13-21-42(36(37)26-27-48(43)44)49(34-24-22-32(23-25-34)31-14-7-5-8-15-31)41-20-12-11-18-35(41)33-16-9-6-10-17-33/h5-29H,30H2,1-4H3. The van der Waals surface area contributed by atoms with E-state index in [4.69, 9.17) is 4.98 Å². The Morgan fingerprint density at radius 1 is 0.551 bits per heavy atom. The van der Waals surface area contributed by atoms with Crippen LogP contribution in [0, 0.1) is 0 Å². The zero-order chi connectivity index (χ0) is 33.3. The molecule has 0 spiro atoms. The second-order valence-corrected chi connectivity index (χ2v) is 14.8. The Morgan fingerprint density at radius 2 is 1.16 bits per heavy atom. The SMILES string of the molecule is CC1(C)CC(C)(C)c2cc3c(cc21)nc1c2cccc(N(c4ccc(-c5ccccc5)cc4)c4ccccc4-c4ccccc4)c2ccn31. The summed E-state index contributed by atoms with van der Waals surface area (Å²) < 4.78 is 2.29. The third-order valence-electron chi connectivity index (χ3n) is 10.6. The van der Waals surface area contributed by atoms with Crippen LogP contribution < -0.4 is 4.90 Å². The van der Waals surface area contributed by atoms with E-state index in [2.05, 4.69) is 189 Å². The number of para-hydroxylation sites is 1. The van der Waals surface area contributed by atoms with Gasteiger partial charge in [-0.2, -0.15) is 0 Å². The third kappa shape index (κ3) is 4.76. The largest absolute Gasteiger partial charge is 0.309 e. The molecule has 0 aliphatic heterocycles. The van der Waals surface area contributed by atoms with Crippen LogP contribution in [0.5, 0.6) is 0 Å². The first kappa shape index (κ1) is 29.5. The van der Waals surface area contributed by atoms with E-state index in [0.717, 1.165) is 45.4 Å². The van der Waals surface area contributed by atoms with Crippen molar-refractivity contribution in [2.45, 2.75) is 44.9 Å². The number of pyridine rings is 1. The Balaban J connectivity index is 1.27. The van der Waals surface area contributed by atoms with Crippen molar-refractivity contribution in [1.82, 2.24) is 9.38 Å². The van der Waals surface area contributed by atoms with Crippen LogP contribution in [0.3, 0.4) is 0 Å². The van der Waals surface area contributed by atoms with Gasteiger partial charge in [-0.3, -0.25) is 4.40 Å². The van der Waals surface area contributed by atoms with Crippen molar-refractivity contribution in [3.05, 3.63) is 163 Å². The predicted octanol–water partition coefficient (Wildman–Crippen LogP) is 12.4. The van der Waals surface area contributed by atoms with Gasteiger partial charge in [-0.15, -0.1) is 0 Å². The molecule has 0 atom stereocenters. The molecule has 9 rings (SSSR count). The van der Waals surface area contributed by atoms with Crippen molar-refractivity contribution >= 4 is 44.5 Å². The van der Waals surface area contributed by atoms with Crippen molar-refractivity contribution in [3.63, 3.8) is 0 Å². The molecule has 3 heteroatoms. The average Bonchev–Trinajstić information content (AvgIpc) is 3.59. The van der Waals surface area contributed by atoms with E-state index in [1.807, 2.05) is 0 Å². The van der Waals surface area contributed by atoms with Crippen LogP contribution in [0.25, 0.3) is 49.7 Å². The number of nitrogens with zero attached hydrogens (tertiary/aromatic N) is 3. The number of fused-ring (bicyclic) bond motifs is 6. The lowest BCUT2D eigenvalue weighted by Gasteiger charge is -2.29. The minimum atomic E-state index is 0.126. The Bertz CT molecular complexity index is 2510.